The molecule has 3 atom stereocenters. The Hall–Kier alpha value is -1.16. The van der Waals surface area contributed by atoms with Gasteiger partial charge in [-0.3, -0.25) is 14.5 Å². The Bertz CT molecular complexity index is 547. The van der Waals surface area contributed by atoms with Crippen molar-refractivity contribution in [3.05, 3.63) is 34.3 Å². The van der Waals surface area contributed by atoms with E-state index in [0.29, 0.717) is 5.92 Å². The topological polar surface area (TPSA) is 37.4 Å². The fourth-order valence-electron chi connectivity index (χ4n) is 3.60. The maximum Gasteiger partial charge on any atom is 0.233 e. The van der Waals surface area contributed by atoms with Crippen molar-refractivity contribution in [3.63, 3.8) is 0 Å². The van der Waals surface area contributed by atoms with Crippen LogP contribution in [0.3, 0.4) is 0 Å². The lowest BCUT2D eigenvalue weighted by molar-refractivity contribution is -0.143. The zero-order valence-corrected chi connectivity index (χ0v) is 13.3. The van der Waals surface area contributed by atoms with Crippen LogP contribution in [0.15, 0.2) is 28.7 Å². The van der Waals surface area contributed by atoms with Gasteiger partial charge < -0.3 is 0 Å². The van der Waals surface area contributed by atoms with E-state index in [9.17, 15) is 9.59 Å². The van der Waals surface area contributed by atoms with Gasteiger partial charge in [-0.2, -0.15) is 0 Å². The van der Waals surface area contributed by atoms with E-state index in [1.807, 2.05) is 31.2 Å². The molecule has 1 heterocycles. The molecular formula is C16H18BrNO2. The zero-order valence-electron chi connectivity index (χ0n) is 11.7. The van der Waals surface area contributed by atoms with E-state index in [2.05, 4.69) is 22.9 Å². The lowest BCUT2D eigenvalue weighted by Gasteiger charge is -2.24. The molecule has 4 heteroatoms. The van der Waals surface area contributed by atoms with Crippen molar-refractivity contribution in [3.8, 4) is 0 Å². The van der Waals surface area contributed by atoms with E-state index in [-0.39, 0.29) is 29.7 Å². The number of fused-ring (bicyclic) bond motifs is 1. The summed E-state index contributed by atoms with van der Waals surface area (Å²) >= 11 is 3.44. The van der Waals surface area contributed by atoms with Gasteiger partial charge in [-0.15, -0.1) is 0 Å². The smallest absolute Gasteiger partial charge is 0.233 e. The van der Waals surface area contributed by atoms with Gasteiger partial charge in [-0.05, 0) is 43.4 Å². The van der Waals surface area contributed by atoms with E-state index in [4.69, 9.17) is 0 Å². The fraction of sp³-hybridized carbons (Fsp3) is 0.500. The summed E-state index contributed by atoms with van der Waals surface area (Å²) in [5, 5.41) is 0. The fourth-order valence-corrected chi connectivity index (χ4v) is 4.02. The van der Waals surface area contributed by atoms with Crippen molar-refractivity contribution in [2.75, 3.05) is 0 Å². The molecule has 0 bridgehead atoms. The van der Waals surface area contributed by atoms with E-state index >= 15 is 0 Å². The van der Waals surface area contributed by atoms with Crippen LogP contribution < -0.4 is 0 Å². The minimum Gasteiger partial charge on any atom is -0.275 e. The van der Waals surface area contributed by atoms with Crippen molar-refractivity contribution in [2.24, 2.45) is 17.8 Å². The molecule has 1 aliphatic heterocycles. The number of halogens is 1. The van der Waals surface area contributed by atoms with Gasteiger partial charge in [-0.1, -0.05) is 35.0 Å². The molecule has 20 heavy (non-hydrogen) atoms. The molecule has 106 valence electrons. The van der Waals surface area contributed by atoms with Crippen LogP contribution in [0.5, 0.6) is 0 Å². The average molecular weight is 336 g/mol. The van der Waals surface area contributed by atoms with Crippen LogP contribution in [0.2, 0.25) is 0 Å². The number of imide groups is 1. The number of hydrogen-bond donors (Lipinski definition) is 0. The van der Waals surface area contributed by atoms with E-state index in [1.54, 1.807) is 0 Å². The predicted molar refractivity (Wildman–Crippen MR) is 79.8 cm³/mol. The van der Waals surface area contributed by atoms with Gasteiger partial charge in [0.15, 0.2) is 0 Å². The first-order chi connectivity index (χ1) is 9.49. The van der Waals surface area contributed by atoms with Gasteiger partial charge in [0, 0.05) is 4.47 Å². The third-order valence-corrected chi connectivity index (χ3v) is 5.12. The second-order valence-electron chi connectivity index (χ2n) is 6.07. The monoisotopic (exact) mass is 335 g/mol. The van der Waals surface area contributed by atoms with E-state index < -0.39 is 0 Å². The highest BCUT2D eigenvalue weighted by Gasteiger charge is 2.52. The molecule has 3 rings (SSSR count). The maximum absolute atomic E-state index is 12.5. The molecule has 0 radical (unpaired) electrons. The molecule has 1 aromatic carbocycles. The summed E-state index contributed by atoms with van der Waals surface area (Å²) in [6.07, 6.45) is 1.72. The molecule has 3 unspecified atom stereocenters. The molecule has 0 spiro atoms. The zero-order chi connectivity index (χ0) is 14.4. The Balaban J connectivity index is 1.88. The van der Waals surface area contributed by atoms with Crippen LogP contribution in [-0.4, -0.2) is 16.7 Å². The Kier molecular flexibility index (Phi) is 3.44. The Morgan fingerprint density at radius 1 is 1.20 bits per heavy atom. The number of likely N-dealkylation sites (tertiary alicyclic amines) is 1. The number of carbonyl (C=O) groups excluding carboxylic acids is 2. The number of benzene rings is 1. The molecule has 1 saturated heterocycles. The van der Waals surface area contributed by atoms with Crippen molar-refractivity contribution < 1.29 is 9.59 Å². The molecule has 2 aliphatic rings. The molecule has 0 aromatic heterocycles. The van der Waals surface area contributed by atoms with Crippen LogP contribution in [0, 0.1) is 17.8 Å². The summed E-state index contributed by atoms with van der Waals surface area (Å²) in [4.78, 5) is 26.6. The SMILES string of the molecule is CC1CC2C(=O)N(C(C)c3cccc(Br)c3)C(=O)C2C1. The lowest BCUT2D eigenvalue weighted by Crippen LogP contribution is -2.34. The van der Waals surface area contributed by atoms with Crippen molar-refractivity contribution in [1.29, 1.82) is 0 Å². The Labute approximate surface area is 127 Å². The highest BCUT2D eigenvalue weighted by atomic mass is 79.9. The van der Waals surface area contributed by atoms with Crippen molar-refractivity contribution >= 4 is 27.7 Å². The summed E-state index contributed by atoms with van der Waals surface area (Å²) in [6.45, 7) is 4.06. The summed E-state index contributed by atoms with van der Waals surface area (Å²) in [7, 11) is 0. The van der Waals surface area contributed by atoms with Gasteiger partial charge in [0.25, 0.3) is 0 Å². The Morgan fingerprint density at radius 2 is 1.80 bits per heavy atom. The van der Waals surface area contributed by atoms with E-state index in [1.165, 1.54) is 4.90 Å². The number of amides is 2. The molecular weight excluding hydrogens is 318 g/mol. The number of rotatable bonds is 2. The molecule has 2 amide bonds. The van der Waals surface area contributed by atoms with Gasteiger partial charge >= 0.3 is 0 Å². The minimum atomic E-state index is -0.187. The summed E-state index contributed by atoms with van der Waals surface area (Å²) in [5.74, 6) is 0.383. The first-order valence-corrected chi connectivity index (χ1v) is 7.90. The largest absolute Gasteiger partial charge is 0.275 e. The van der Waals surface area contributed by atoms with Crippen molar-refractivity contribution in [1.82, 2.24) is 4.90 Å². The average Bonchev–Trinajstić information content (AvgIpc) is 2.89. The number of hydrogen-bond acceptors (Lipinski definition) is 2. The number of carbonyl (C=O) groups is 2. The van der Waals surface area contributed by atoms with Gasteiger partial charge in [-0.25, -0.2) is 0 Å². The first-order valence-electron chi connectivity index (χ1n) is 7.11. The molecule has 1 aliphatic carbocycles. The third-order valence-electron chi connectivity index (χ3n) is 4.63. The van der Waals surface area contributed by atoms with Gasteiger partial charge in [0.1, 0.15) is 0 Å². The second kappa shape index (κ2) is 4.99. The summed E-state index contributed by atoms with van der Waals surface area (Å²) in [6, 6.07) is 7.63. The third kappa shape index (κ3) is 2.10. The first kappa shape index (κ1) is 13.8. The molecule has 3 nitrogen and oxygen atoms in total. The summed E-state index contributed by atoms with van der Waals surface area (Å²) in [5.41, 5.74) is 0.995. The van der Waals surface area contributed by atoms with Crippen LogP contribution in [-0.2, 0) is 9.59 Å². The molecule has 2 fully saturated rings. The highest BCUT2D eigenvalue weighted by molar-refractivity contribution is 9.10. The van der Waals surface area contributed by atoms with Crippen molar-refractivity contribution in [2.45, 2.75) is 32.7 Å². The quantitative estimate of drug-likeness (QED) is 0.775. The highest BCUT2D eigenvalue weighted by Crippen LogP contribution is 2.45. The van der Waals surface area contributed by atoms with Crippen LogP contribution in [0.25, 0.3) is 0 Å². The van der Waals surface area contributed by atoms with Crippen LogP contribution in [0.4, 0.5) is 0 Å². The number of nitrogens with zero attached hydrogens (tertiary/aromatic N) is 1. The standard InChI is InChI=1S/C16H18BrNO2/c1-9-6-13-14(7-9)16(20)18(15(13)19)10(2)11-4-3-5-12(17)8-11/h3-5,8-10,13-14H,6-7H2,1-2H3. The van der Waals surface area contributed by atoms with Crippen LogP contribution >= 0.6 is 15.9 Å². The lowest BCUT2D eigenvalue weighted by atomic mass is 10.00. The second-order valence-corrected chi connectivity index (χ2v) is 6.98. The normalized spacial score (nSPS) is 30.8. The van der Waals surface area contributed by atoms with Gasteiger partial charge in [0.05, 0.1) is 17.9 Å². The molecule has 0 N–H and O–H groups in total. The predicted octanol–water partition coefficient (Wildman–Crippen LogP) is 3.54. The maximum atomic E-state index is 12.5. The molecule has 1 saturated carbocycles. The molecule has 1 aromatic rings. The van der Waals surface area contributed by atoms with Crippen LogP contribution in [0.1, 0.15) is 38.3 Å². The Morgan fingerprint density at radius 3 is 2.35 bits per heavy atom. The minimum absolute atomic E-state index is 0.0248. The van der Waals surface area contributed by atoms with Gasteiger partial charge in [0.2, 0.25) is 11.8 Å². The summed E-state index contributed by atoms with van der Waals surface area (Å²) < 4.78 is 0.967. The van der Waals surface area contributed by atoms with E-state index in [0.717, 1.165) is 22.9 Å².